The van der Waals surface area contributed by atoms with E-state index in [0.717, 1.165) is 5.56 Å². The minimum atomic E-state index is -0.635. The molecule has 2 aliphatic heterocycles. The Labute approximate surface area is 155 Å². The summed E-state index contributed by atoms with van der Waals surface area (Å²) in [6, 6.07) is 7.12. The monoisotopic (exact) mass is 375 g/mol. The Morgan fingerprint density at radius 3 is 2.96 bits per heavy atom. The summed E-state index contributed by atoms with van der Waals surface area (Å²) in [4.78, 5) is 16.6. The van der Waals surface area contributed by atoms with Gasteiger partial charge in [0.1, 0.15) is 24.1 Å². The van der Waals surface area contributed by atoms with Gasteiger partial charge in [-0.3, -0.25) is 4.79 Å². The molecular weight excluding hydrogens is 354 g/mol. The van der Waals surface area contributed by atoms with Gasteiger partial charge in [0.25, 0.3) is 0 Å². The first-order valence-electron chi connectivity index (χ1n) is 8.82. The maximum Gasteiger partial charge on any atom is 0.227 e. The number of methoxy groups -OCH3 is 1. The molecule has 4 rings (SSSR count). The Bertz CT molecular complexity index is 810. The van der Waals surface area contributed by atoms with E-state index < -0.39 is 6.10 Å². The summed E-state index contributed by atoms with van der Waals surface area (Å²) in [7, 11) is 1.58. The van der Waals surface area contributed by atoms with Crippen molar-refractivity contribution in [2.45, 2.75) is 37.2 Å². The van der Waals surface area contributed by atoms with Crippen molar-refractivity contribution < 1.29 is 28.6 Å². The van der Waals surface area contributed by atoms with Gasteiger partial charge >= 0.3 is 0 Å². The quantitative estimate of drug-likeness (QED) is 0.742. The van der Waals surface area contributed by atoms with Gasteiger partial charge in [-0.1, -0.05) is 17.3 Å². The van der Waals surface area contributed by atoms with Crippen LogP contribution in [0.1, 0.15) is 12.3 Å². The van der Waals surface area contributed by atoms with Crippen LogP contribution in [0.4, 0.5) is 0 Å². The topological polar surface area (TPSA) is 116 Å². The molecule has 2 fully saturated rings. The minimum absolute atomic E-state index is 0.161. The maximum atomic E-state index is 12.2. The fraction of sp³-hybridized carbons (Fsp3) is 0.500. The summed E-state index contributed by atoms with van der Waals surface area (Å²) in [5.74, 6) is 1.28. The van der Waals surface area contributed by atoms with Gasteiger partial charge in [-0.2, -0.15) is 4.98 Å². The molecule has 9 heteroatoms. The van der Waals surface area contributed by atoms with Crippen LogP contribution < -0.4 is 10.1 Å². The van der Waals surface area contributed by atoms with Crippen molar-refractivity contribution in [2.24, 2.45) is 0 Å². The maximum absolute atomic E-state index is 12.2. The summed E-state index contributed by atoms with van der Waals surface area (Å²) >= 11 is 0. The largest absolute Gasteiger partial charge is 0.496 e. The Morgan fingerprint density at radius 1 is 1.30 bits per heavy atom. The highest BCUT2D eigenvalue weighted by Gasteiger charge is 2.47. The van der Waals surface area contributed by atoms with E-state index >= 15 is 0 Å². The van der Waals surface area contributed by atoms with Crippen LogP contribution in [0.2, 0.25) is 0 Å². The first-order chi connectivity index (χ1) is 13.2. The molecule has 0 unspecified atom stereocenters. The van der Waals surface area contributed by atoms with Crippen molar-refractivity contribution in [3.8, 4) is 17.1 Å². The number of hydrogen-bond donors (Lipinski definition) is 2. The smallest absolute Gasteiger partial charge is 0.227 e. The molecule has 1 aromatic heterocycles. The molecular formula is C18H21N3O6. The lowest BCUT2D eigenvalue weighted by Crippen LogP contribution is -2.44. The van der Waals surface area contributed by atoms with Crippen molar-refractivity contribution >= 4 is 5.91 Å². The number of nitrogens with one attached hydrogen (secondary N) is 1. The van der Waals surface area contributed by atoms with Crippen molar-refractivity contribution in [1.29, 1.82) is 0 Å². The number of ether oxygens (including phenoxy) is 3. The predicted molar refractivity (Wildman–Crippen MR) is 92.0 cm³/mol. The minimum Gasteiger partial charge on any atom is -0.496 e. The molecule has 0 aliphatic carbocycles. The fourth-order valence-corrected chi connectivity index (χ4v) is 3.40. The molecule has 0 bridgehead atoms. The lowest BCUT2D eigenvalue weighted by atomic mass is 10.1. The molecule has 27 heavy (non-hydrogen) atoms. The third kappa shape index (κ3) is 3.66. The van der Waals surface area contributed by atoms with E-state index in [0.29, 0.717) is 30.5 Å². The third-order valence-corrected chi connectivity index (χ3v) is 4.76. The van der Waals surface area contributed by atoms with Crippen LogP contribution in [0.25, 0.3) is 11.4 Å². The fourth-order valence-electron chi connectivity index (χ4n) is 3.40. The second kappa shape index (κ2) is 7.63. The number of carbonyl (C=O) groups is 1. The van der Waals surface area contributed by atoms with Gasteiger partial charge in [-0.05, 0) is 12.1 Å². The number of para-hydroxylation sites is 1. The van der Waals surface area contributed by atoms with E-state index in [9.17, 15) is 9.90 Å². The van der Waals surface area contributed by atoms with Gasteiger partial charge in [-0.15, -0.1) is 0 Å². The first kappa shape index (κ1) is 17.9. The molecule has 144 valence electrons. The van der Waals surface area contributed by atoms with Gasteiger partial charge in [-0.25, -0.2) is 0 Å². The van der Waals surface area contributed by atoms with E-state index in [1.807, 2.05) is 24.3 Å². The number of fused-ring (bicyclic) bond motifs is 1. The Hall–Kier alpha value is -2.49. The average Bonchev–Trinajstić information content (AvgIpc) is 3.39. The molecule has 1 aromatic carbocycles. The Balaban J connectivity index is 1.32. The summed E-state index contributed by atoms with van der Waals surface area (Å²) < 4.78 is 21.5. The summed E-state index contributed by atoms with van der Waals surface area (Å²) in [6.45, 7) is 0.562. The molecule has 0 spiro atoms. The van der Waals surface area contributed by atoms with E-state index in [1.54, 1.807) is 7.11 Å². The predicted octanol–water partition coefficient (Wildman–Crippen LogP) is 0.321. The van der Waals surface area contributed by atoms with E-state index in [-0.39, 0.29) is 37.2 Å². The SMILES string of the molecule is COc1ccccc1-c1noc(CCC(=O)N[C@H]2CO[C@H]3[C@@H]2OC[C@@H]3O)n1. The number of aryl methyl sites for hydroxylation is 1. The molecule has 2 aliphatic rings. The number of rotatable bonds is 6. The Kier molecular flexibility index (Phi) is 5.06. The van der Waals surface area contributed by atoms with E-state index in [2.05, 4.69) is 15.5 Å². The van der Waals surface area contributed by atoms with Crippen LogP contribution in [0.5, 0.6) is 5.75 Å². The van der Waals surface area contributed by atoms with Crippen molar-refractivity contribution in [2.75, 3.05) is 20.3 Å². The van der Waals surface area contributed by atoms with Gasteiger partial charge in [0, 0.05) is 12.8 Å². The van der Waals surface area contributed by atoms with Crippen LogP contribution >= 0.6 is 0 Å². The number of amides is 1. The third-order valence-electron chi connectivity index (χ3n) is 4.76. The van der Waals surface area contributed by atoms with Gasteiger partial charge < -0.3 is 29.2 Å². The number of aliphatic hydroxyl groups excluding tert-OH is 1. The molecule has 2 N–H and O–H groups in total. The number of aromatic nitrogens is 2. The molecule has 0 radical (unpaired) electrons. The van der Waals surface area contributed by atoms with Crippen molar-refractivity contribution in [1.82, 2.24) is 15.5 Å². The highest BCUT2D eigenvalue weighted by Crippen LogP contribution is 2.28. The van der Waals surface area contributed by atoms with Crippen LogP contribution in [0.3, 0.4) is 0 Å². The number of nitrogens with zero attached hydrogens (tertiary/aromatic N) is 2. The average molecular weight is 375 g/mol. The molecule has 2 saturated heterocycles. The highest BCUT2D eigenvalue weighted by atomic mass is 16.6. The highest BCUT2D eigenvalue weighted by molar-refractivity contribution is 5.76. The van der Waals surface area contributed by atoms with Gasteiger partial charge in [0.15, 0.2) is 0 Å². The van der Waals surface area contributed by atoms with Crippen LogP contribution in [0.15, 0.2) is 28.8 Å². The van der Waals surface area contributed by atoms with Gasteiger partial charge in [0.2, 0.25) is 17.6 Å². The molecule has 4 atom stereocenters. The van der Waals surface area contributed by atoms with Gasteiger partial charge in [0.05, 0.1) is 31.9 Å². The second-order valence-corrected chi connectivity index (χ2v) is 6.55. The zero-order valence-electron chi connectivity index (χ0n) is 14.8. The molecule has 0 saturated carbocycles. The number of benzene rings is 1. The summed E-state index contributed by atoms with van der Waals surface area (Å²) in [6.07, 6.45) is -0.786. The zero-order valence-corrected chi connectivity index (χ0v) is 14.8. The number of aliphatic hydroxyl groups is 1. The number of carbonyl (C=O) groups excluding carboxylic acids is 1. The molecule has 1 amide bonds. The standard InChI is InChI=1S/C18H21N3O6/c1-24-13-5-3-2-4-10(13)18-20-15(27-21-18)7-6-14(23)19-11-8-25-17-12(22)9-26-16(11)17/h2-5,11-12,16-17,22H,6-9H2,1H3,(H,19,23)/t11-,12-,16+,17+/m0/s1. The lowest BCUT2D eigenvalue weighted by Gasteiger charge is -2.17. The molecule has 3 heterocycles. The van der Waals surface area contributed by atoms with Crippen LogP contribution in [-0.4, -0.2) is 65.8 Å². The second-order valence-electron chi connectivity index (χ2n) is 6.55. The summed E-state index contributed by atoms with van der Waals surface area (Å²) in [5.41, 5.74) is 0.727. The normalized spacial score (nSPS) is 26.7. The van der Waals surface area contributed by atoms with Crippen LogP contribution in [-0.2, 0) is 20.7 Å². The van der Waals surface area contributed by atoms with E-state index in [1.165, 1.54) is 0 Å². The number of hydrogen-bond acceptors (Lipinski definition) is 8. The summed E-state index contributed by atoms with van der Waals surface area (Å²) in [5, 5.41) is 16.6. The van der Waals surface area contributed by atoms with Crippen molar-refractivity contribution in [3.05, 3.63) is 30.2 Å². The zero-order chi connectivity index (χ0) is 18.8. The van der Waals surface area contributed by atoms with Crippen molar-refractivity contribution in [3.63, 3.8) is 0 Å². The van der Waals surface area contributed by atoms with E-state index in [4.69, 9.17) is 18.7 Å². The lowest BCUT2D eigenvalue weighted by molar-refractivity contribution is -0.122. The molecule has 2 aromatic rings. The Morgan fingerprint density at radius 2 is 2.11 bits per heavy atom. The first-order valence-corrected chi connectivity index (χ1v) is 8.82. The van der Waals surface area contributed by atoms with Crippen LogP contribution in [0, 0.1) is 0 Å². The molecule has 9 nitrogen and oxygen atoms in total.